The molecule has 0 fully saturated rings. The van der Waals surface area contributed by atoms with Gasteiger partial charge in [-0.05, 0) is 61.7 Å². The lowest BCUT2D eigenvalue weighted by molar-refractivity contribution is -0.116. The molecule has 0 aromatic heterocycles. The second-order valence-electron chi connectivity index (χ2n) is 7.51. The lowest BCUT2D eigenvalue weighted by Crippen LogP contribution is -2.31. The number of anilines is 1. The fourth-order valence-corrected chi connectivity index (χ4v) is 5.97. The Bertz CT molecular complexity index is 1190. The van der Waals surface area contributed by atoms with Gasteiger partial charge < -0.3 is 5.32 Å². The Morgan fingerprint density at radius 1 is 0.875 bits per heavy atom. The third-order valence-electron chi connectivity index (χ3n) is 5.23. The molecule has 0 heterocycles. The Morgan fingerprint density at radius 2 is 1.50 bits per heavy atom. The molecular weight excluding hydrogens is 450 g/mol. The highest BCUT2D eigenvalue weighted by Gasteiger charge is 2.24. The number of amides is 1. The third-order valence-corrected chi connectivity index (χ3v) is 8.88. The molecule has 0 saturated carbocycles. The van der Waals surface area contributed by atoms with Crippen molar-refractivity contribution in [2.45, 2.75) is 50.8 Å². The van der Waals surface area contributed by atoms with E-state index in [1.807, 2.05) is 13.8 Å². The van der Waals surface area contributed by atoms with Crippen LogP contribution in [-0.2, 0) is 24.8 Å². The van der Waals surface area contributed by atoms with Crippen molar-refractivity contribution < 1.29 is 21.6 Å². The summed E-state index contributed by atoms with van der Waals surface area (Å²) in [6.07, 6.45) is -0.101. The van der Waals surface area contributed by atoms with Crippen LogP contribution in [0.25, 0.3) is 0 Å². The summed E-state index contributed by atoms with van der Waals surface area (Å²) in [7, 11) is -7.40. The van der Waals surface area contributed by atoms with Gasteiger partial charge in [-0.2, -0.15) is 4.31 Å². The Labute approximate surface area is 191 Å². The smallest absolute Gasteiger partial charge is 0.243 e. The minimum absolute atomic E-state index is 0.0858. The molecule has 1 amide bonds. The molecule has 0 atom stereocenters. The van der Waals surface area contributed by atoms with Gasteiger partial charge in [0.2, 0.25) is 26.0 Å². The van der Waals surface area contributed by atoms with Gasteiger partial charge in [-0.1, -0.05) is 26.0 Å². The van der Waals surface area contributed by atoms with Crippen LogP contribution >= 0.6 is 0 Å². The molecule has 8 nitrogen and oxygen atoms in total. The molecule has 2 N–H and O–H groups in total. The topological polar surface area (TPSA) is 113 Å². The van der Waals surface area contributed by atoms with E-state index in [0.29, 0.717) is 24.3 Å². The molecule has 0 radical (unpaired) electrons. The van der Waals surface area contributed by atoms with Crippen LogP contribution in [-0.4, -0.2) is 46.7 Å². The number of carbonyl (C=O) groups excluding carboxylic acids is 1. The average molecular weight is 482 g/mol. The van der Waals surface area contributed by atoms with Gasteiger partial charge >= 0.3 is 0 Å². The number of nitrogens with zero attached hydrogens (tertiary/aromatic N) is 1. The standard InChI is InChI=1S/C22H31N3O5S2/c1-6-25(7-2)32(29,30)21-15-19(10-8-17(21)4)24-22(26)12-13-23-31(27,28)20-11-9-16(3)18(5)14-20/h8-11,14-15,23H,6-7,12-13H2,1-5H3,(H,24,26). The zero-order valence-electron chi connectivity index (χ0n) is 19.1. The van der Waals surface area contributed by atoms with E-state index in [1.54, 1.807) is 45.0 Å². The van der Waals surface area contributed by atoms with E-state index in [1.165, 1.54) is 16.4 Å². The lowest BCUT2D eigenvalue weighted by atomic mass is 10.1. The molecule has 10 heteroatoms. The first-order valence-electron chi connectivity index (χ1n) is 10.4. The molecule has 0 aliphatic heterocycles. The van der Waals surface area contributed by atoms with E-state index in [2.05, 4.69) is 10.0 Å². The maximum absolute atomic E-state index is 12.9. The van der Waals surface area contributed by atoms with Crippen molar-refractivity contribution in [2.75, 3.05) is 25.0 Å². The number of nitrogens with one attached hydrogen (secondary N) is 2. The molecule has 0 spiro atoms. The summed E-state index contributed by atoms with van der Waals surface area (Å²) < 4.78 is 54.3. The number of hydrogen-bond acceptors (Lipinski definition) is 5. The molecule has 32 heavy (non-hydrogen) atoms. The van der Waals surface area contributed by atoms with E-state index >= 15 is 0 Å². The van der Waals surface area contributed by atoms with Crippen LogP contribution < -0.4 is 10.0 Å². The SMILES string of the molecule is CCN(CC)S(=O)(=O)c1cc(NC(=O)CCNS(=O)(=O)c2ccc(C)c(C)c2)ccc1C. The molecule has 176 valence electrons. The third kappa shape index (κ3) is 6.16. The predicted molar refractivity (Wildman–Crippen MR) is 126 cm³/mol. The van der Waals surface area contributed by atoms with Gasteiger partial charge in [-0.3, -0.25) is 4.79 Å². The Balaban J connectivity index is 2.05. The van der Waals surface area contributed by atoms with Crippen molar-refractivity contribution in [1.82, 2.24) is 9.03 Å². The van der Waals surface area contributed by atoms with E-state index in [0.717, 1.165) is 11.1 Å². The van der Waals surface area contributed by atoms with Gasteiger partial charge in [-0.25, -0.2) is 21.6 Å². The highest BCUT2D eigenvalue weighted by Crippen LogP contribution is 2.23. The number of rotatable bonds is 10. The van der Waals surface area contributed by atoms with E-state index in [9.17, 15) is 21.6 Å². The fourth-order valence-electron chi connectivity index (χ4n) is 3.15. The van der Waals surface area contributed by atoms with Crippen molar-refractivity contribution in [2.24, 2.45) is 0 Å². The maximum Gasteiger partial charge on any atom is 0.243 e. The van der Waals surface area contributed by atoms with E-state index in [-0.39, 0.29) is 22.8 Å². The highest BCUT2D eigenvalue weighted by atomic mass is 32.2. The number of benzene rings is 2. The normalized spacial score (nSPS) is 12.2. The quantitative estimate of drug-likeness (QED) is 0.542. The molecule has 2 aromatic carbocycles. The van der Waals surface area contributed by atoms with Crippen LogP contribution in [0, 0.1) is 20.8 Å². The van der Waals surface area contributed by atoms with Gasteiger partial charge in [0.05, 0.1) is 9.79 Å². The van der Waals surface area contributed by atoms with Gasteiger partial charge in [0.25, 0.3) is 0 Å². The Morgan fingerprint density at radius 3 is 2.09 bits per heavy atom. The van der Waals surface area contributed by atoms with Crippen LogP contribution in [0.5, 0.6) is 0 Å². The molecule has 0 aliphatic rings. The maximum atomic E-state index is 12.9. The minimum atomic E-state index is -3.73. The average Bonchev–Trinajstić information content (AvgIpc) is 2.71. The van der Waals surface area contributed by atoms with Crippen LogP contribution in [0.1, 0.15) is 37.0 Å². The first-order chi connectivity index (χ1) is 14.9. The molecule has 0 aliphatic carbocycles. The summed E-state index contributed by atoms with van der Waals surface area (Å²) in [6.45, 7) is 9.55. The zero-order valence-corrected chi connectivity index (χ0v) is 20.7. The Hall–Kier alpha value is -2.27. The molecule has 2 rings (SSSR count). The van der Waals surface area contributed by atoms with Gasteiger partial charge in [0.15, 0.2) is 0 Å². The van der Waals surface area contributed by atoms with Crippen molar-refractivity contribution in [1.29, 1.82) is 0 Å². The second-order valence-corrected chi connectivity index (χ2v) is 11.2. The zero-order chi connectivity index (χ0) is 24.1. The summed E-state index contributed by atoms with van der Waals surface area (Å²) in [5.74, 6) is -0.428. The van der Waals surface area contributed by atoms with Crippen LogP contribution in [0.2, 0.25) is 0 Å². The second kappa shape index (κ2) is 10.6. The largest absolute Gasteiger partial charge is 0.326 e. The summed E-state index contributed by atoms with van der Waals surface area (Å²) in [4.78, 5) is 12.6. The van der Waals surface area contributed by atoms with E-state index in [4.69, 9.17) is 0 Å². The molecule has 2 aromatic rings. The van der Waals surface area contributed by atoms with Crippen molar-refractivity contribution in [3.8, 4) is 0 Å². The summed E-state index contributed by atoms with van der Waals surface area (Å²) in [5.41, 5.74) is 2.77. The molecule has 0 unspecified atom stereocenters. The minimum Gasteiger partial charge on any atom is -0.326 e. The molecule has 0 bridgehead atoms. The van der Waals surface area contributed by atoms with E-state index < -0.39 is 26.0 Å². The number of carbonyl (C=O) groups is 1. The van der Waals surface area contributed by atoms with Crippen molar-refractivity contribution >= 4 is 31.6 Å². The van der Waals surface area contributed by atoms with Gasteiger partial charge in [0, 0.05) is 31.7 Å². The number of hydrogen-bond donors (Lipinski definition) is 2. The van der Waals surface area contributed by atoms with Crippen LogP contribution in [0.3, 0.4) is 0 Å². The van der Waals surface area contributed by atoms with Gasteiger partial charge in [-0.15, -0.1) is 0 Å². The first kappa shape index (κ1) is 26.0. The van der Waals surface area contributed by atoms with Gasteiger partial charge in [0.1, 0.15) is 0 Å². The fraction of sp³-hybridized carbons (Fsp3) is 0.409. The van der Waals surface area contributed by atoms with Crippen molar-refractivity contribution in [3.63, 3.8) is 0 Å². The predicted octanol–water partition coefficient (Wildman–Crippen LogP) is 2.95. The molecular formula is C22H31N3O5S2. The summed E-state index contributed by atoms with van der Waals surface area (Å²) >= 11 is 0. The van der Waals surface area contributed by atoms with Crippen LogP contribution in [0.15, 0.2) is 46.2 Å². The summed E-state index contributed by atoms with van der Waals surface area (Å²) in [5, 5.41) is 2.64. The Kier molecular flexibility index (Phi) is 8.58. The number of sulfonamides is 2. The highest BCUT2D eigenvalue weighted by molar-refractivity contribution is 7.89. The monoisotopic (exact) mass is 481 g/mol. The lowest BCUT2D eigenvalue weighted by Gasteiger charge is -2.20. The first-order valence-corrected chi connectivity index (χ1v) is 13.3. The van der Waals surface area contributed by atoms with Crippen LogP contribution in [0.4, 0.5) is 5.69 Å². The molecule has 0 saturated heterocycles. The number of aryl methyl sites for hydroxylation is 3. The van der Waals surface area contributed by atoms with Crippen molar-refractivity contribution in [3.05, 3.63) is 53.1 Å². The summed E-state index contributed by atoms with van der Waals surface area (Å²) in [6, 6.07) is 9.52.